The Kier molecular flexibility index (Phi) is 8.72. The zero-order valence-electron chi connectivity index (χ0n) is 14.3. The van der Waals surface area contributed by atoms with Gasteiger partial charge < -0.3 is 24.4 Å². The normalized spacial score (nSPS) is 13.4. The van der Waals surface area contributed by atoms with E-state index in [1.54, 1.807) is 0 Å². The standard InChI is InChI=1S/2C6H16N2.Li.H/c2*1-5(2,7)6(3,4)8;;/h2*7-8H2,1-4H3;;/q;;+1;-1. The van der Waals surface area contributed by atoms with Crippen molar-refractivity contribution >= 4 is 0 Å². The molecule has 0 saturated carbocycles. The maximum absolute atomic E-state index is 5.69. The Labute approximate surface area is 121 Å². The first-order valence-corrected chi connectivity index (χ1v) is 5.65. The molecule has 0 atom stereocenters. The smallest absolute Gasteiger partial charge is 1.00 e. The third kappa shape index (κ3) is 10.1. The molecule has 0 aromatic heterocycles. The van der Waals surface area contributed by atoms with Crippen molar-refractivity contribution in [1.29, 1.82) is 0 Å². The van der Waals surface area contributed by atoms with E-state index in [0.717, 1.165) is 0 Å². The summed E-state index contributed by atoms with van der Waals surface area (Å²) in [6, 6.07) is 0. The molecule has 17 heavy (non-hydrogen) atoms. The summed E-state index contributed by atoms with van der Waals surface area (Å²) >= 11 is 0. The van der Waals surface area contributed by atoms with E-state index < -0.39 is 0 Å². The van der Waals surface area contributed by atoms with Gasteiger partial charge in [-0.3, -0.25) is 0 Å². The summed E-state index contributed by atoms with van der Waals surface area (Å²) in [6.07, 6.45) is 0. The van der Waals surface area contributed by atoms with Crippen LogP contribution in [0.25, 0.3) is 0 Å². The van der Waals surface area contributed by atoms with E-state index in [-0.39, 0.29) is 42.4 Å². The zero-order valence-corrected chi connectivity index (χ0v) is 13.3. The second-order valence-electron chi connectivity index (χ2n) is 6.89. The zero-order chi connectivity index (χ0) is 14.0. The van der Waals surface area contributed by atoms with E-state index in [9.17, 15) is 0 Å². The first-order chi connectivity index (χ1) is 6.50. The van der Waals surface area contributed by atoms with Crippen LogP contribution >= 0.6 is 0 Å². The first-order valence-electron chi connectivity index (χ1n) is 5.65. The molecule has 102 valence electrons. The molecule has 0 radical (unpaired) electrons. The maximum atomic E-state index is 5.69. The molecule has 0 aliphatic carbocycles. The van der Waals surface area contributed by atoms with Gasteiger partial charge in [0.2, 0.25) is 0 Å². The molecule has 0 amide bonds. The van der Waals surface area contributed by atoms with Gasteiger partial charge in [0.05, 0.1) is 0 Å². The molecule has 0 saturated heterocycles. The minimum atomic E-state index is -0.285. The van der Waals surface area contributed by atoms with Crippen LogP contribution in [0.2, 0.25) is 0 Å². The van der Waals surface area contributed by atoms with E-state index in [2.05, 4.69) is 0 Å². The Morgan fingerprint density at radius 2 is 0.529 bits per heavy atom. The fourth-order valence-electron chi connectivity index (χ4n) is 0. The summed E-state index contributed by atoms with van der Waals surface area (Å²) in [5.41, 5.74) is 21.6. The average molecular weight is 240 g/mol. The third-order valence-corrected chi connectivity index (χ3v) is 3.32. The van der Waals surface area contributed by atoms with Gasteiger partial charge in [0.15, 0.2) is 0 Å². The van der Waals surface area contributed by atoms with E-state index in [1.165, 1.54) is 0 Å². The van der Waals surface area contributed by atoms with Crippen molar-refractivity contribution < 1.29 is 20.3 Å². The number of nitrogens with two attached hydrogens (primary N) is 4. The molecular formula is C12H33LiN4. The van der Waals surface area contributed by atoms with Gasteiger partial charge in [0.25, 0.3) is 0 Å². The topological polar surface area (TPSA) is 104 Å². The Balaban J connectivity index is -0.0000000980. The predicted octanol–water partition coefficient (Wildman–Crippen LogP) is -1.96. The van der Waals surface area contributed by atoms with Gasteiger partial charge in [0, 0.05) is 22.2 Å². The van der Waals surface area contributed by atoms with Crippen LogP contribution in [0.15, 0.2) is 0 Å². The van der Waals surface area contributed by atoms with Crippen molar-refractivity contribution in [2.75, 3.05) is 0 Å². The minimum Gasteiger partial charge on any atom is -1.00 e. The first kappa shape index (κ1) is 22.6. The summed E-state index contributed by atoms with van der Waals surface area (Å²) in [4.78, 5) is 0. The van der Waals surface area contributed by atoms with E-state index in [0.29, 0.717) is 0 Å². The van der Waals surface area contributed by atoms with E-state index in [4.69, 9.17) is 22.9 Å². The van der Waals surface area contributed by atoms with Crippen molar-refractivity contribution in [3.63, 3.8) is 0 Å². The molecule has 0 bridgehead atoms. The largest absolute Gasteiger partial charge is 1.00 e. The monoisotopic (exact) mass is 240 g/mol. The summed E-state index contributed by atoms with van der Waals surface area (Å²) in [6.45, 7) is 15.4. The average Bonchev–Trinajstić information content (AvgIpc) is 1.77. The van der Waals surface area contributed by atoms with Crippen LogP contribution in [0.4, 0.5) is 0 Å². The Hall–Kier alpha value is 0.437. The molecule has 0 aromatic rings. The summed E-state index contributed by atoms with van der Waals surface area (Å²) in [7, 11) is 0. The van der Waals surface area contributed by atoms with Gasteiger partial charge >= 0.3 is 18.9 Å². The fraction of sp³-hybridized carbons (Fsp3) is 1.00. The molecule has 5 heteroatoms. The summed E-state index contributed by atoms with van der Waals surface area (Å²) in [5, 5.41) is 0. The van der Waals surface area contributed by atoms with Gasteiger partial charge in [-0.2, -0.15) is 0 Å². The molecule has 0 fully saturated rings. The van der Waals surface area contributed by atoms with Crippen LogP contribution < -0.4 is 41.8 Å². The molecule has 0 heterocycles. The molecular weight excluding hydrogens is 207 g/mol. The molecule has 4 nitrogen and oxygen atoms in total. The Morgan fingerprint density at radius 1 is 0.471 bits per heavy atom. The quantitative estimate of drug-likeness (QED) is 0.421. The summed E-state index contributed by atoms with van der Waals surface area (Å²) < 4.78 is 0. The van der Waals surface area contributed by atoms with Crippen LogP contribution in [0.1, 0.15) is 56.8 Å². The van der Waals surface area contributed by atoms with Crippen molar-refractivity contribution in [1.82, 2.24) is 0 Å². The predicted molar refractivity (Wildman–Crippen MR) is 74.2 cm³/mol. The maximum Gasteiger partial charge on any atom is 1.00 e. The molecule has 0 aliphatic rings. The van der Waals surface area contributed by atoms with Crippen molar-refractivity contribution in [2.45, 2.75) is 77.5 Å². The molecule has 0 spiro atoms. The molecule has 8 N–H and O–H groups in total. The van der Waals surface area contributed by atoms with E-state index in [1.807, 2.05) is 55.4 Å². The minimum absolute atomic E-state index is 0. The van der Waals surface area contributed by atoms with Crippen LogP contribution in [-0.4, -0.2) is 22.2 Å². The van der Waals surface area contributed by atoms with Gasteiger partial charge in [-0.05, 0) is 55.4 Å². The number of rotatable bonds is 2. The van der Waals surface area contributed by atoms with Crippen molar-refractivity contribution in [3.05, 3.63) is 0 Å². The molecule has 0 rings (SSSR count). The molecule has 0 unspecified atom stereocenters. The summed E-state index contributed by atoms with van der Waals surface area (Å²) in [5.74, 6) is 0. The van der Waals surface area contributed by atoms with Crippen LogP contribution in [0.3, 0.4) is 0 Å². The fourth-order valence-corrected chi connectivity index (χ4v) is 0. The van der Waals surface area contributed by atoms with Gasteiger partial charge in [-0.1, -0.05) is 0 Å². The number of hydrogen-bond donors (Lipinski definition) is 4. The second-order valence-corrected chi connectivity index (χ2v) is 6.89. The van der Waals surface area contributed by atoms with Crippen LogP contribution in [0, 0.1) is 0 Å². The van der Waals surface area contributed by atoms with E-state index >= 15 is 0 Å². The van der Waals surface area contributed by atoms with Gasteiger partial charge in [-0.15, -0.1) is 0 Å². The van der Waals surface area contributed by atoms with Crippen LogP contribution in [-0.2, 0) is 0 Å². The third-order valence-electron chi connectivity index (χ3n) is 3.32. The Bertz CT molecular complexity index is 158. The van der Waals surface area contributed by atoms with Gasteiger partial charge in [-0.25, -0.2) is 0 Å². The Morgan fingerprint density at radius 3 is 0.529 bits per heavy atom. The second kappa shape index (κ2) is 6.56. The number of hydrogen-bond acceptors (Lipinski definition) is 4. The van der Waals surface area contributed by atoms with Gasteiger partial charge in [0.1, 0.15) is 0 Å². The van der Waals surface area contributed by atoms with Crippen LogP contribution in [0.5, 0.6) is 0 Å². The molecule has 0 aliphatic heterocycles. The molecule has 0 aromatic carbocycles. The SMILES string of the molecule is CC(C)(N)C(C)(C)N.CC(C)(N)C(C)(C)N.[H-].[Li+]. The van der Waals surface area contributed by atoms with Crippen molar-refractivity contribution in [2.24, 2.45) is 22.9 Å². The van der Waals surface area contributed by atoms with Crippen molar-refractivity contribution in [3.8, 4) is 0 Å².